The van der Waals surface area contributed by atoms with Crippen molar-refractivity contribution < 1.29 is 27.5 Å². The lowest BCUT2D eigenvalue weighted by molar-refractivity contribution is 0.0823. The number of methoxy groups -OCH3 is 2. The van der Waals surface area contributed by atoms with Gasteiger partial charge in [0.2, 0.25) is 5.88 Å². The van der Waals surface area contributed by atoms with Crippen LogP contribution in [-0.4, -0.2) is 63.5 Å². The van der Waals surface area contributed by atoms with Crippen LogP contribution in [0.1, 0.15) is 16.1 Å². The van der Waals surface area contributed by atoms with E-state index in [1.54, 1.807) is 6.92 Å². The monoisotopic (exact) mass is 423 g/mol. The molecular formula is C17H21N5O6S. The van der Waals surface area contributed by atoms with Crippen molar-refractivity contribution in [2.45, 2.75) is 11.9 Å². The number of carbonyl (C=O) groups is 2. The number of hydrogen-bond donors (Lipinski definition) is 2. The minimum Gasteiger partial charge on any atom is -0.496 e. The Morgan fingerprint density at radius 2 is 1.76 bits per heavy atom. The first kappa shape index (κ1) is 21.9. The molecule has 156 valence electrons. The lowest BCUT2D eigenvalue weighted by Gasteiger charge is -2.15. The molecule has 0 radical (unpaired) electrons. The van der Waals surface area contributed by atoms with Gasteiger partial charge in [0.05, 0.1) is 19.8 Å². The van der Waals surface area contributed by atoms with E-state index in [0.717, 1.165) is 0 Å². The summed E-state index contributed by atoms with van der Waals surface area (Å²) in [5, 5.41) is 1.73. The van der Waals surface area contributed by atoms with Crippen molar-refractivity contribution in [1.82, 2.24) is 19.6 Å². The molecule has 3 amide bonds. The molecule has 0 saturated carbocycles. The minimum atomic E-state index is -4.45. The number of pyridine rings is 2. The van der Waals surface area contributed by atoms with E-state index in [2.05, 4.69) is 15.3 Å². The maximum Gasteiger partial charge on any atom is 0.334 e. The van der Waals surface area contributed by atoms with Gasteiger partial charge in [-0.1, -0.05) is 0 Å². The number of aryl methyl sites for hydroxylation is 1. The van der Waals surface area contributed by atoms with Crippen LogP contribution >= 0.6 is 0 Å². The van der Waals surface area contributed by atoms with Gasteiger partial charge in [0.25, 0.3) is 15.9 Å². The first-order valence-corrected chi connectivity index (χ1v) is 9.69. The predicted molar refractivity (Wildman–Crippen MR) is 104 cm³/mol. The number of aromatic nitrogens is 2. The third kappa shape index (κ3) is 5.31. The fourth-order valence-corrected chi connectivity index (χ4v) is 3.32. The zero-order valence-electron chi connectivity index (χ0n) is 16.5. The number of carbonyl (C=O) groups excluding carboxylic acids is 2. The fraction of sp³-hybridized carbons (Fsp3) is 0.294. The van der Waals surface area contributed by atoms with Gasteiger partial charge in [-0.25, -0.2) is 14.5 Å². The highest BCUT2D eigenvalue weighted by atomic mass is 32.2. The van der Waals surface area contributed by atoms with Gasteiger partial charge in [0.15, 0.2) is 5.03 Å². The summed E-state index contributed by atoms with van der Waals surface area (Å²) in [6, 6.07) is 4.60. The number of anilines is 1. The molecule has 0 fully saturated rings. The molecule has 0 atom stereocenters. The van der Waals surface area contributed by atoms with Gasteiger partial charge in [-0.15, -0.1) is 0 Å². The van der Waals surface area contributed by atoms with Crippen molar-refractivity contribution in [2.24, 2.45) is 0 Å². The lowest BCUT2D eigenvalue weighted by Crippen LogP contribution is -2.36. The summed E-state index contributed by atoms with van der Waals surface area (Å²) in [6.07, 6.45) is 0. The van der Waals surface area contributed by atoms with Gasteiger partial charge in [-0.05, 0) is 19.1 Å². The third-order valence-electron chi connectivity index (χ3n) is 3.58. The smallest absolute Gasteiger partial charge is 0.334 e. The van der Waals surface area contributed by atoms with Gasteiger partial charge >= 0.3 is 6.03 Å². The molecule has 0 bridgehead atoms. The van der Waals surface area contributed by atoms with Gasteiger partial charge in [0.1, 0.15) is 11.6 Å². The molecule has 0 spiro atoms. The molecule has 29 heavy (non-hydrogen) atoms. The Labute approximate surface area is 168 Å². The number of hydrogen-bond acceptors (Lipinski definition) is 8. The molecule has 2 aromatic heterocycles. The van der Waals surface area contributed by atoms with Crippen LogP contribution in [-0.2, 0) is 10.0 Å². The van der Waals surface area contributed by atoms with Crippen LogP contribution in [0.15, 0.2) is 29.3 Å². The van der Waals surface area contributed by atoms with Gasteiger partial charge < -0.3 is 14.4 Å². The van der Waals surface area contributed by atoms with E-state index < -0.39 is 27.0 Å². The number of ether oxygens (including phenoxy) is 2. The highest BCUT2D eigenvalue weighted by molar-refractivity contribution is 7.90. The van der Waals surface area contributed by atoms with Crippen LogP contribution in [0.3, 0.4) is 0 Å². The second-order valence-electron chi connectivity index (χ2n) is 6.00. The van der Waals surface area contributed by atoms with Crippen molar-refractivity contribution in [3.63, 3.8) is 0 Å². The van der Waals surface area contributed by atoms with E-state index in [0.29, 0.717) is 11.4 Å². The Balaban J connectivity index is 2.31. The summed E-state index contributed by atoms with van der Waals surface area (Å²) in [6.45, 7) is 1.56. The number of rotatable bonds is 6. The van der Waals surface area contributed by atoms with Crippen LogP contribution in [0.5, 0.6) is 11.6 Å². The van der Waals surface area contributed by atoms with Crippen molar-refractivity contribution in [1.29, 1.82) is 0 Å². The minimum absolute atomic E-state index is 0.00399. The number of amides is 3. The Bertz CT molecular complexity index is 1020. The van der Waals surface area contributed by atoms with E-state index in [9.17, 15) is 18.0 Å². The van der Waals surface area contributed by atoms with E-state index >= 15 is 0 Å². The molecule has 2 N–H and O–H groups in total. The van der Waals surface area contributed by atoms with Gasteiger partial charge in [-0.2, -0.15) is 13.4 Å². The van der Waals surface area contributed by atoms with E-state index in [1.807, 2.05) is 4.72 Å². The maximum atomic E-state index is 12.7. The highest BCUT2D eigenvalue weighted by Gasteiger charge is 2.27. The molecule has 0 aliphatic heterocycles. The normalized spacial score (nSPS) is 10.8. The zero-order chi connectivity index (χ0) is 21.8. The Kier molecular flexibility index (Phi) is 6.59. The summed E-state index contributed by atoms with van der Waals surface area (Å²) in [4.78, 5) is 33.7. The molecule has 2 rings (SSSR count). The summed E-state index contributed by atoms with van der Waals surface area (Å²) in [7, 11) is 1.28. The fourth-order valence-electron chi connectivity index (χ4n) is 2.22. The third-order valence-corrected chi connectivity index (χ3v) is 4.85. The first-order chi connectivity index (χ1) is 13.6. The summed E-state index contributed by atoms with van der Waals surface area (Å²) in [5.74, 6) is -0.0795. The Morgan fingerprint density at radius 3 is 2.34 bits per heavy atom. The van der Waals surface area contributed by atoms with Crippen LogP contribution in [0.25, 0.3) is 0 Å². The highest BCUT2D eigenvalue weighted by Crippen LogP contribution is 2.22. The molecule has 0 aliphatic rings. The maximum absolute atomic E-state index is 12.7. The first-order valence-electron chi connectivity index (χ1n) is 8.20. The average molecular weight is 423 g/mol. The lowest BCUT2D eigenvalue weighted by atomic mass is 10.2. The number of nitrogens with zero attached hydrogens (tertiary/aromatic N) is 3. The van der Waals surface area contributed by atoms with Crippen molar-refractivity contribution in [2.75, 3.05) is 33.6 Å². The molecule has 0 aliphatic carbocycles. The molecule has 0 saturated heterocycles. The number of urea groups is 1. The average Bonchev–Trinajstić information content (AvgIpc) is 2.66. The molecule has 11 nitrogen and oxygen atoms in total. The van der Waals surface area contributed by atoms with Crippen LogP contribution in [0.4, 0.5) is 10.6 Å². The van der Waals surface area contributed by atoms with Crippen molar-refractivity contribution in [3.05, 3.63) is 35.5 Å². The van der Waals surface area contributed by atoms with Crippen LogP contribution in [0.2, 0.25) is 0 Å². The molecular weight excluding hydrogens is 402 g/mol. The largest absolute Gasteiger partial charge is 0.496 e. The SMILES string of the molecule is COc1cc(NC(=O)NS(=O)(=O)c2nc(C)ccc2C(=O)N(C)C)nc(OC)c1. The van der Waals surface area contributed by atoms with E-state index in [1.165, 1.54) is 57.5 Å². The summed E-state index contributed by atoms with van der Waals surface area (Å²) in [5.41, 5.74) is 0.197. The van der Waals surface area contributed by atoms with E-state index in [-0.39, 0.29) is 17.3 Å². The van der Waals surface area contributed by atoms with Crippen LogP contribution < -0.4 is 19.5 Å². The standard InChI is InChI=1S/C17H21N5O6S/c1-10-6-7-12(16(23)22(2)3)15(18-10)29(25,26)21-17(24)20-13-8-11(27-4)9-14(19-13)28-5/h6-9H,1-5H3,(H2,19,20,21,24). The summed E-state index contributed by atoms with van der Waals surface area (Å²) >= 11 is 0. The second-order valence-corrected chi connectivity index (χ2v) is 7.60. The van der Waals surface area contributed by atoms with Crippen LogP contribution in [0, 0.1) is 6.92 Å². The number of sulfonamides is 1. The molecule has 12 heteroatoms. The summed E-state index contributed by atoms with van der Waals surface area (Å²) < 4.78 is 37.3. The topological polar surface area (TPSA) is 140 Å². The molecule has 2 heterocycles. The number of nitrogens with one attached hydrogen (secondary N) is 2. The molecule has 0 unspecified atom stereocenters. The van der Waals surface area contributed by atoms with Crippen molar-refractivity contribution in [3.8, 4) is 11.6 Å². The molecule has 0 aromatic carbocycles. The molecule has 2 aromatic rings. The van der Waals surface area contributed by atoms with Gasteiger partial charge in [0, 0.05) is 31.9 Å². The Hall–Kier alpha value is -3.41. The van der Waals surface area contributed by atoms with Gasteiger partial charge in [-0.3, -0.25) is 10.1 Å². The quantitative estimate of drug-likeness (QED) is 0.702. The van der Waals surface area contributed by atoms with E-state index in [4.69, 9.17) is 9.47 Å². The zero-order valence-corrected chi connectivity index (χ0v) is 17.3. The predicted octanol–water partition coefficient (Wildman–Crippen LogP) is 1.01. The second kappa shape index (κ2) is 8.73. The Morgan fingerprint density at radius 1 is 1.07 bits per heavy atom. The van der Waals surface area contributed by atoms with Crippen molar-refractivity contribution >= 4 is 27.8 Å².